The normalized spacial score (nSPS) is 11.7. The molecule has 0 atom stereocenters. The van der Waals surface area contributed by atoms with E-state index in [1.165, 1.54) is 0 Å². The molecule has 0 spiro atoms. The number of hydrogen-bond donors (Lipinski definition) is 1. The van der Waals surface area contributed by atoms with Crippen molar-refractivity contribution in [3.63, 3.8) is 0 Å². The fourth-order valence-corrected chi connectivity index (χ4v) is 3.05. The number of halogens is 2. The molecule has 0 amide bonds. The van der Waals surface area contributed by atoms with Gasteiger partial charge in [-0.2, -0.15) is 0 Å². The predicted octanol–water partition coefficient (Wildman–Crippen LogP) is 4.12. The molecule has 0 unspecified atom stereocenters. The average Bonchev–Trinajstić information content (AvgIpc) is 2.33. The molecule has 1 rings (SSSR count). The molecule has 0 saturated carbocycles. The third kappa shape index (κ3) is 5.42. The maximum Gasteiger partial charge on any atom is 0.138 e. The Bertz CT molecular complexity index is 422. The van der Waals surface area contributed by atoms with Crippen LogP contribution >= 0.6 is 31.9 Å². The standard InChI is InChI=1S/C14H21Br2NO2/c1-5-19-13-10(6-11(15)7-12(13)16)8-17-9-14(2,3)18-4/h6-7,17H,5,8-9H2,1-4H3. The van der Waals surface area contributed by atoms with E-state index in [0.29, 0.717) is 6.61 Å². The van der Waals surface area contributed by atoms with Gasteiger partial charge in [-0.3, -0.25) is 0 Å². The van der Waals surface area contributed by atoms with E-state index in [2.05, 4.69) is 57.1 Å². The maximum atomic E-state index is 5.69. The zero-order chi connectivity index (χ0) is 14.5. The van der Waals surface area contributed by atoms with Gasteiger partial charge in [-0.1, -0.05) is 15.9 Å². The van der Waals surface area contributed by atoms with Gasteiger partial charge in [0.1, 0.15) is 5.75 Å². The van der Waals surface area contributed by atoms with Gasteiger partial charge in [-0.05, 0) is 48.8 Å². The van der Waals surface area contributed by atoms with Crippen LogP contribution in [0.5, 0.6) is 5.75 Å². The van der Waals surface area contributed by atoms with Gasteiger partial charge in [0.25, 0.3) is 0 Å². The molecule has 0 aliphatic carbocycles. The monoisotopic (exact) mass is 393 g/mol. The van der Waals surface area contributed by atoms with Gasteiger partial charge < -0.3 is 14.8 Å². The highest BCUT2D eigenvalue weighted by Crippen LogP contribution is 2.33. The third-order valence-corrected chi connectivity index (χ3v) is 3.84. The van der Waals surface area contributed by atoms with Crippen molar-refractivity contribution in [1.82, 2.24) is 5.32 Å². The van der Waals surface area contributed by atoms with Gasteiger partial charge in [0.15, 0.2) is 0 Å². The van der Waals surface area contributed by atoms with E-state index in [0.717, 1.165) is 33.3 Å². The van der Waals surface area contributed by atoms with Gasteiger partial charge in [0.2, 0.25) is 0 Å². The summed E-state index contributed by atoms with van der Waals surface area (Å²) in [6.07, 6.45) is 0. The summed E-state index contributed by atoms with van der Waals surface area (Å²) < 4.78 is 13.1. The summed E-state index contributed by atoms with van der Waals surface area (Å²) in [4.78, 5) is 0. The molecular weight excluding hydrogens is 374 g/mol. The van der Waals surface area contributed by atoms with Crippen LogP contribution < -0.4 is 10.1 Å². The van der Waals surface area contributed by atoms with Crippen LogP contribution in [0.25, 0.3) is 0 Å². The van der Waals surface area contributed by atoms with Gasteiger partial charge in [-0.15, -0.1) is 0 Å². The van der Waals surface area contributed by atoms with E-state index in [1.54, 1.807) is 7.11 Å². The van der Waals surface area contributed by atoms with Crippen molar-refractivity contribution < 1.29 is 9.47 Å². The molecule has 0 saturated heterocycles. The predicted molar refractivity (Wildman–Crippen MR) is 85.8 cm³/mol. The lowest BCUT2D eigenvalue weighted by molar-refractivity contribution is 0.0230. The zero-order valence-electron chi connectivity index (χ0n) is 11.8. The molecule has 1 N–H and O–H groups in total. The van der Waals surface area contributed by atoms with Crippen molar-refractivity contribution in [3.8, 4) is 5.75 Å². The van der Waals surface area contributed by atoms with Crippen molar-refractivity contribution in [1.29, 1.82) is 0 Å². The van der Waals surface area contributed by atoms with Crippen molar-refractivity contribution in [2.45, 2.75) is 32.9 Å². The van der Waals surface area contributed by atoms with Crippen LogP contribution in [0.3, 0.4) is 0 Å². The Hall–Kier alpha value is -0.100. The highest BCUT2D eigenvalue weighted by molar-refractivity contribution is 9.11. The van der Waals surface area contributed by atoms with E-state index >= 15 is 0 Å². The quantitative estimate of drug-likeness (QED) is 0.754. The Kier molecular flexibility index (Phi) is 6.80. The molecule has 0 aliphatic heterocycles. The Morgan fingerprint density at radius 2 is 1.95 bits per heavy atom. The van der Waals surface area contributed by atoms with Crippen LogP contribution in [-0.4, -0.2) is 25.9 Å². The molecule has 5 heteroatoms. The number of benzene rings is 1. The molecular formula is C14H21Br2NO2. The fraction of sp³-hybridized carbons (Fsp3) is 0.571. The van der Waals surface area contributed by atoms with E-state index in [9.17, 15) is 0 Å². The maximum absolute atomic E-state index is 5.69. The SMILES string of the molecule is CCOc1c(Br)cc(Br)cc1CNCC(C)(C)OC. The van der Waals surface area contributed by atoms with Crippen molar-refractivity contribution >= 4 is 31.9 Å². The second-order valence-electron chi connectivity index (χ2n) is 4.88. The molecule has 0 aliphatic rings. The first kappa shape index (κ1) is 17.0. The number of rotatable bonds is 7. The molecule has 0 bridgehead atoms. The van der Waals surface area contributed by atoms with E-state index in [4.69, 9.17) is 9.47 Å². The molecule has 0 heterocycles. The van der Waals surface area contributed by atoms with Crippen LogP contribution in [-0.2, 0) is 11.3 Å². The second-order valence-corrected chi connectivity index (χ2v) is 6.65. The van der Waals surface area contributed by atoms with Crippen LogP contribution in [0, 0.1) is 0 Å². The van der Waals surface area contributed by atoms with Crippen LogP contribution in [0.15, 0.2) is 21.1 Å². The largest absolute Gasteiger partial charge is 0.492 e. The lowest BCUT2D eigenvalue weighted by Crippen LogP contribution is -2.36. The number of ether oxygens (including phenoxy) is 2. The minimum Gasteiger partial charge on any atom is -0.492 e. The number of methoxy groups -OCH3 is 1. The van der Waals surface area contributed by atoms with Crippen molar-refractivity contribution in [2.75, 3.05) is 20.3 Å². The first-order valence-electron chi connectivity index (χ1n) is 6.26. The third-order valence-electron chi connectivity index (χ3n) is 2.79. The summed E-state index contributed by atoms with van der Waals surface area (Å²) in [6, 6.07) is 4.07. The molecule has 0 fully saturated rings. The first-order valence-corrected chi connectivity index (χ1v) is 7.85. The van der Waals surface area contributed by atoms with Crippen LogP contribution in [0.2, 0.25) is 0 Å². The fourth-order valence-electron chi connectivity index (χ4n) is 1.62. The Morgan fingerprint density at radius 3 is 2.53 bits per heavy atom. The Morgan fingerprint density at radius 1 is 1.26 bits per heavy atom. The van der Waals surface area contributed by atoms with Crippen molar-refractivity contribution in [3.05, 3.63) is 26.6 Å². The lowest BCUT2D eigenvalue weighted by Gasteiger charge is -2.23. The molecule has 1 aromatic carbocycles. The summed E-state index contributed by atoms with van der Waals surface area (Å²) in [5.41, 5.74) is 0.949. The number of hydrogen-bond acceptors (Lipinski definition) is 3. The lowest BCUT2D eigenvalue weighted by atomic mass is 10.1. The average molecular weight is 395 g/mol. The van der Waals surface area contributed by atoms with E-state index in [1.807, 2.05) is 13.0 Å². The molecule has 0 radical (unpaired) electrons. The first-order chi connectivity index (χ1) is 8.89. The van der Waals surface area contributed by atoms with Crippen LogP contribution in [0.4, 0.5) is 0 Å². The minimum absolute atomic E-state index is 0.172. The molecule has 108 valence electrons. The molecule has 0 aromatic heterocycles. The van der Waals surface area contributed by atoms with E-state index < -0.39 is 0 Å². The Balaban J connectivity index is 2.76. The highest BCUT2D eigenvalue weighted by atomic mass is 79.9. The van der Waals surface area contributed by atoms with Gasteiger partial charge in [0.05, 0.1) is 16.7 Å². The van der Waals surface area contributed by atoms with Crippen LogP contribution in [0.1, 0.15) is 26.3 Å². The van der Waals surface area contributed by atoms with Gasteiger partial charge >= 0.3 is 0 Å². The molecule has 19 heavy (non-hydrogen) atoms. The summed E-state index contributed by atoms with van der Waals surface area (Å²) in [5, 5.41) is 3.40. The summed E-state index contributed by atoms with van der Waals surface area (Å²) in [7, 11) is 1.73. The number of nitrogens with one attached hydrogen (secondary N) is 1. The van der Waals surface area contributed by atoms with Gasteiger partial charge in [0, 0.05) is 30.2 Å². The van der Waals surface area contributed by atoms with Gasteiger partial charge in [-0.25, -0.2) is 0 Å². The highest BCUT2D eigenvalue weighted by Gasteiger charge is 2.16. The zero-order valence-corrected chi connectivity index (χ0v) is 15.0. The Labute approximate surface area is 132 Å². The topological polar surface area (TPSA) is 30.5 Å². The second kappa shape index (κ2) is 7.62. The smallest absolute Gasteiger partial charge is 0.138 e. The molecule has 1 aromatic rings. The minimum atomic E-state index is -0.172. The summed E-state index contributed by atoms with van der Waals surface area (Å²) in [6.45, 7) is 8.26. The summed E-state index contributed by atoms with van der Waals surface area (Å²) in [5.74, 6) is 0.897. The summed E-state index contributed by atoms with van der Waals surface area (Å²) >= 11 is 7.04. The van der Waals surface area contributed by atoms with E-state index in [-0.39, 0.29) is 5.60 Å². The van der Waals surface area contributed by atoms with Crippen molar-refractivity contribution in [2.24, 2.45) is 0 Å². The molecule has 3 nitrogen and oxygen atoms in total.